The van der Waals surface area contributed by atoms with E-state index in [1.165, 1.54) is 212 Å². The van der Waals surface area contributed by atoms with Gasteiger partial charge in [-0.15, -0.1) is 0 Å². The first-order valence-corrected chi connectivity index (χ1v) is 39.5. The second-order valence-corrected chi connectivity index (χ2v) is 26.6. The van der Waals surface area contributed by atoms with E-state index in [4.69, 9.17) is 24.3 Å². The molecule has 0 saturated heterocycles. The minimum absolute atomic E-state index is 0.0497. The van der Waals surface area contributed by atoms with Crippen molar-refractivity contribution in [3.05, 3.63) is 122 Å². The van der Waals surface area contributed by atoms with E-state index in [2.05, 4.69) is 135 Å². The molecule has 0 spiro atoms. The molecular formula is C81H142NO8P. The zero-order valence-corrected chi connectivity index (χ0v) is 59.9. The quantitative estimate of drug-likeness (QED) is 0.0264. The summed E-state index contributed by atoms with van der Waals surface area (Å²) in [6.45, 7) is 3.66. The summed E-state index contributed by atoms with van der Waals surface area (Å²) in [4.78, 5) is 35.4. The fourth-order valence-corrected chi connectivity index (χ4v) is 11.5. The van der Waals surface area contributed by atoms with Crippen LogP contribution in [0.25, 0.3) is 0 Å². The lowest BCUT2D eigenvalue weighted by atomic mass is 10.0. The van der Waals surface area contributed by atoms with E-state index in [1.54, 1.807) is 0 Å². The first-order chi connectivity index (χ1) is 44.8. The van der Waals surface area contributed by atoms with E-state index >= 15 is 0 Å². The molecule has 9 nitrogen and oxygen atoms in total. The SMILES string of the molecule is CC/C=C\C/C=C\C/C=C\C/C=C\C/C=C\C/C=C\C/C=C\C/C=C\C/C=C\CCCCCCCCCCCCCC(=O)OC(COC(=O)CCCCCCCCCCCCCCCCCCCCC/C=C\CCCCCCCCCC)COP(=O)(O)OCCN. The summed E-state index contributed by atoms with van der Waals surface area (Å²) >= 11 is 0. The van der Waals surface area contributed by atoms with Gasteiger partial charge in [0.2, 0.25) is 0 Å². The molecule has 0 aromatic heterocycles. The number of rotatable bonds is 71. The Bertz CT molecular complexity index is 1910. The van der Waals surface area contributed by atoms with Gasteiger partial charge >= 0.3 is 19.8 Å². The Labute approximate surface area is 561 Å². The minimum atomic E-state index is -4.40. The second kappa shape index (κ2) is 75.4. The molecular weight excluding hydrogens is 1150 g/mol. The molecule has 0 bridgehead atoms. The van der Waals surface area contributed by atoms with Crippen LogP contribution >= 0.6 is 7.82 Å². The van der Waals surface area contributed by atoms with Gasteiger partial charge in [0.05, 0.1) is 13.2 Å². The topological polar surface area (TPSA) is 134 Å². The highest BCUT2D eigenvalue weighted by atomic mass is 31.2. The Hall–Kier alpha value is -3.59. The monoisotopic (exact) mass is 1290 g/mol. The van der Waals surface area contributed by atoms with E-state index < -0.39 is 26.5 Å². The van der Waals surface area contributed by atoms with Gasteiger partial charge in [0, 0.05) is 19.4 Å². The van der Waals surface area contributed by atoms with Crippen LogP contribution < -0.4 is 5.73 Å². The zero-order valence-electron chi connectivity index (χ0n) is 59.1. The van der Waals surface area contributed by atoms with Crippen molar-refractivity contribution in [2.45, 2.75) is 354 Å². The average molecular weight is 1290 g/mol. The van der Waals surface area contributed by atoms with Gasteiger partial charge in [-0.05, 0) is 109 Å². The van der Waals surface area contributed by atoms with Gasteiger partial charge in [-0.25, -0.2) is 4.57 Å². The van der Waals surface area contributed by atoms with Crippen molar-refractivity contribution in [1.29, 1.82) is 0 Å². The summed E-state index contributed by atoms with van der Waals surface area (Å²) in [6, 6.07) is 0. The van der Waals surface area contributed by atoms with Crippen molar-refractivity contribution in [3.63, 3.8) is 0 Å². The summed E-state index contributed by atoms with van der Waals surface area (Å²) in [5.74, 6) is -0.822. The van der Waals surface area contributed by atoms with Gasteiger partial charge < -0.3 is 20.1 Å². The molecule has 0 aromatic carbocycles. The summed E-state index contributed by atoms with van der Waals surface area (Å²) in [7, 11) is -4.40. The number of ether oxygens (including phenoxy) is 2. The van der Waals surface area contributed by atoms with Crippen molar-refractivity contribution in [2.75, 3.05) is 26.4 Å². The maximum atomic E-state index is 12.8. The van der Waals surface area contributed by atoms with Crippen LogP contribution in [0.4, 0.5) is 0 Å². The van der Waals surface area contributed by atoms with Gasteiger partial charge in [-0.2, -0.15) is 0 Å². The van der Waals surface area contributed by atoms with Gasteiger partial charge in [0.15, 0.2) is 6.10 Å². The highest BCUT2D eigenvalue weighted by molar-refractivity contribution is 7.47. The first-order valence-electron chi connectivity index (χ1n) is 38.0. The van der Waals surface area contributed by atoms with Crippen LogP contribution in [0.2, 0.25) is 0 Å². The number of phosphoric ester groups is 1. The maximum Gasteiger partial charge on any atom is 0.472 e. The van der Waals surface area contributed by atoms with Crippen molar-refractivity contribution in [1.82, 2.24) is 0 Å². The second-order valence-electron chi connectivity index (χ2n) is 25.1. The van der Waals surface area contributed by atoms with Crippen molar-refractivity contribution in [2.24, 2.45) is 5.73 Å². The van der Waals surface area contributed by atoms with Crippen LogP contribution in [-0.4, -0.2) is 49.3 Å². The minimum Gasteiger partial charge on any atom is -0.462 e. The molecule has 0 aromatic rings. The number of allylic oxidation sites excluding steroid dienone is 20. The molecule has 0 aliphatic carbocycles. The number of hydrogen-bond donors (Lipinski definition) is 2. The number of hydrogen-bond acceptors (Lipinski definition) is 8. The molecule has 0 aliphatic heterocycles. The fourth-order valence-electron chi connectivity index (χ4n) is 10.7. The molecule has 0 rings (SSSR count). The normalized spacial score (nSPS) is 13.6. The third-order valence-corrected chi connectivity index (χ3v) is 17.3. The van der Waals surface area contributed by atoms with Crippen LogP contribution in [0, 0.1) is 0 Å². The van der Waals surface area contributed by atoms with E-state index in [0.717, 1.165) is 103 Å². The molecule has 0 amide bonds. The molecule has 91 heavy (non-hydrogen) atoms. The van der Waals surface area contributed by atoms with Gasteiger partial charge in [0.25, 0.3) is 0 Å². The predicted octanol–water partition coefficient (Wildman–Crippen LogP) is 25.4. The Morgan fingerprint density at radius 2 is 0.604 bits per heavy atom. The van der Waals surface area contributed by atoms with E-state index in [-0.39, 0.29) is 38.6 Å². The zero-order chi connectivity index (χ0) is 65.8. The molecule has 0 heterocycles. The number of carbonyl (C=O) groups excluding carboxylic acids is 2. The van der Waals surface area contributed by atoms with Crippen molar-refractivity contribution >= 4 is 19.8 Å². The lowest BCUT2D eigenvalue weighted by Crippen LogP contribution is -2.29. The Morgan fingerprint density at radius 1 is 0.341 bits per heavy atom. The van der Waals surface area contributed by atoms with Crippen molar-refractivity contribution in [3.8, 4) is 0 Å². The number of phosphoric acid groups is 1. The number of carbonyl (C=O) groups is 2. The van der Waals surface area contributed by atoms with Crippen LogP contribution in [0.1, 0.15) is 348 Å². The molecule has 0 radical (unpaired) electrons. The molecule has 524 valence electrons. The Balaban J connectivity index is 3.88. The van der Waals surface area contributed by atoms with Crippen LogP contribution in [0.5, 0.6) is 0 Å². The molecule has 0 fully saturated rings. The fraction of sp³-hybridized carbons (Fsp3) is 0.728. The van der Waals surface area contributed by atoms with Crippen molar-refractivity contribution < 1.29 is 37.6 Å². The van der Waals surface area contributed by atoms with Gasteiger partial charge in [-0.1, -0.05) is 347 Å². The van der Waals surface area contributed by atoms with Crippen LogP contribution in [0.3, 0.4) is 0 Å². The van der Waals surface area contributed by atoms with Crippen LogP contribution in [0.15, 0.2) is 122 Å². The average Bonchev–Trinajstić information content (AvgIpc) is 3.71. The smallest absolute Gasteiger partial charge is 0.462 e. The first kappa shape index (κ1) is 87.4. The lowest BCUT2D eigenvalue weighted by Gasteiger charge is -2.19. The van der Waals surface area contributed by atoms with Crippen LogP contribution in [-0.2, 0) is 32.7 Å². The number of nitrogens with two attached hydrogens (primary N) is 1. The summed E-state index contributed by atoms with van der Waals surface area (Å²) < 4.78 is 33.2. The lowest BCUT2D eigenvalue weighted by molar-refractivity contribution is -0.161. The summed E-state index contributed by atoms with van der Waals surface area (Å²) in [5, 5.41) is 0. The molecule has 10 heteroatoms. The molecule has 0 saturated carbocycles. The summed E-state index contributed by atoms with van der Waals surface area (Å²) in [6.07, 6.45) is 106. The van der Waals surface area contributed by atoms with Gasteiger partial charge in [0.1, 0.15) is 6.61 Å². The standard InChI is InChI=1S/C81H142NO8P/c1-3-5-7-9-11-13-15-17-19-21-23-25-27-29-31-33-35-36-37-38-39-40-41-42-44-46-48-50-52-54-56-58-60-62-64-66-68-70-72-74-81(84)90-79(78-89-91(85,86)88-76-75-82)77-87-80(83)73-71-69-67-65-63-61-59-57-55-53-51-49-47-45-43-34-32-30-28-26-24-22-20-18-16-14-12-10-8-6-4-2/h5,7,11,13,17,19,22-25,29,31,35-36,38-39,41-42,46,48,79H,3-4,6,8-10,12,14-16,18,20-21,26-28,30,32-34,37,40,43-45,47,49-78,82H2,1-2H3,(H,85,86)/b7-5-,13-11-,19-17-,24-22-,25-23-,31-29-,36-35-,39-38-,42-41-,48-46-. The largest absolute Gasteiger partial charge is 0.472 e. The van der Waals surface area contributed by atoms with E-state index in [0.29, 0.717) is 6.42 Å². The molecule has 2 atom stereocenters. The third-order valence-electron chi connectivity index (χ3n) is 16.3. The van der Waals surface area contributed by atoms with Gasteiger partial charge in [-0.3, -0.25) is 18.6 Å². The Morgan fingerprint density at radius 3 is 0.912 bits per heavy atom. The third kappa shape index (κ3) is 75.3. The van der Waals surface area contributed by atoms with E-state index in [9.17, 15) is 19.0 Å². The maximum absolute atomic E-state index is 12.8. The molecule has 0 aliphatic rings. The molecule has 2 unspecified atom stereocenters. The predicted molar refractivity (Wildman–Crippen MR) is 394 cm³/mol. The number of unbranched alkanes of at least 4 members (excludes halogenated alkanes) is 38. The molecule has 3 N–H and O–H groups in total. The Kier molecular flexibility index (Phi) is 72.5. The highest BCUT2D eigenvalue weighted by Gasteiger charge is 2.26. The summed E-state index contributed by atoms with van der Waals surface area (Å²) in [5.41, 5.74) is 5.41. The highest BCUT2D eigenvalue weighted by Crippen LogP contribution is 2.43. The van der Waals surface area contributed by atoms with E-state index in [1.807, 2.05) is 0 Å². The number of esters is 2.